The summed E-state index contributed by atoms with van der Waals surface area (Å²) < 4.78 is 5.83. The molecule has 0 aliphatic carbocycles. The van der Waals surface area contributed by atoms with Crippen molar-refractivity contribution in [3.8, 4) is 5.75 Å². The summed E-state index contributed by atoms with van der Waals surface area (Å²) >= 11 is 5.95. The Morgan fingerprint density at radius 1 is 1.26 bits per heavy atom. The molecule has 0 radical (unpaired) electrons. The summed E-state index contributed by atoms with van der Waals surface area (Å²) in [6, 6.07) is 8.01. The van der Waals surface area contributed by atoms with E-state index in [1.807, 2.05) is 24.3 Å². The van der Waals surface area contributed by atoms with Crippen LogP contribution >= 0.6 is 11.6 Å². The first kappa shape index (κ1) is 16.3. The van der Waals surface area contributed by atoms with E-state index in [-0.39, 0.29) is 0 Å². The van der Waals surface area contributed by atoms with Crippen LogP contribution in [-0.4, -0.2) is 19.2 Å². The van der Waals surface area contributed by atoms with Crippen molar-refractivity contribution in [2.75, 3.05) is 13.2 Å². The number of nitrogens with one attached hydrogen (secondary N) is 1. The molecule has 0 saturated heterocycles. The van der Waals surface area contributed by atoms with E-state index in [1.165, 1.54) is 6.42 Å². The monoisotopic (exact) mass is 283 g/mol. The fraction of sp³-hybridized carbons (Fsp3) is 0.625. The minimum atomic E-state index is 0.418. The zero-order valence-electron chi connectivity index (χ0n) is 12.3. The molecule has 0 spiro atoms. The van der Waals surface area contributed by atoms with Gasteiger partial charge in [-0.1, -0.05) is 38.4 Å². The highest BCUT2D eigenvalue weighted by molar-refractivity contribution is 6.30. The van der Waals surface area contributed by atoms with Crippen LogP contribution < -0.4 is 10.1 Å². The van der Waals surface area contributed by atoms with Crippen LogP contribution in [0.4, 0.5) is 0 Å². The van der Waals surface area contributed by atoms with Crippen LogP contribution in [0.3, 0.4) is 0 Å². The van der Waals surface area contributed by atoms with E-state index in [9.17, 15) is 0 Å². The number of hydrogen-bond acceptors (Lipinski definition) is 2. The van der Waals surface area contributed by atoms with Gasteiger partial charge in [-0.3, -0.25) is 0 Å². The maximum Gasteiger partial charge on any atom is 0.120 e. The molecule has 0 heterocycles. The molecule has 1 aromatic carbocycles. The van der Waals surface area contributed by atoms with E-state index < -0.39 is 0 Å². The summed E-state index contributed by atoms with van der Waals surface area (Å²) in [5.74, 6) is 1.58. The second-order valence-corrected chi connectivity index (χ2v) is 5.83. The van der Waals surface area contributed by atoms with E-state index in [0.29, 0.717) is 12.6 Å². The molecule has 19 heavy (non-hydrogen) atoms. The van der Waals surface area contributed by atoms with Crippen LogP contribution in [0.1, 0.15) is 40.0 Å². The molecule has 1 atom stereocenters. The van der Waals surface area contributed by atoms with Gasteiger partial charge in [0.1, 0.15) is 12.4 Å². The van der Waals surface area contributed by atoms with E-state index in [4.69, 9.17) is 16.3 Å². The van der Waals surface area contributed by atoms with Crippen LogP contribution in [0.25, 0.3) is 0 Å². The summed E-state index contributed by atoms with van der Waals surface area (Å²) in [5.41, 5.74) is 0. The van der Waals surface area contributed by atoms with Crippen LogP contribution in [0.15, 0.2) is 24.3 Å². The Bertz CT molecular complexity index is 354. The van der Waals surface area contributed by atoms with Gasteiger partial charge in [0.05, 0.1) is 0 Å². The van der Waals surface area contributed by atoms with Gasteiger partial charge in [0.25, 0.3) is 0 Å². The number of ether oxygens (including phenoxy) is 1. The van der Waals surface area contributed by atoms with Gasteiger partial charge in [-0.2, -0.15) is 0 Å². The number of benzene rings is 1. The molecule has 1 N–H and O–H groups in total. The van der Waals surface area contributed by atoms with Crippen LogP contribution in [0, 0.1) is 5.92 Å². The lowest BCUT2D eigenvalue weighted by Crippen LogP contribution is -2.35. The zero-order chi connectivity index (χ0) is 14.1. The Hall–Kier alpha value is -0.730. The van der Waals surface area contributed by atoms with Crippen molar-refractivity contribution in [1.29, 1.82) is 0 Å². The molecule has 0 aliphatic rings. The molecule has 2 nitrogen and oxygen atoms in total. The average Bonchev–Trinajstić information content (AvgIpc) is 2.37. The average molecular weight is 284 g/mol. The Balaban J connectivity index is 2.42. The Morgan fingerprint density at radius 2 is 2.05 bits per heavy atom. The molecule has 3 heteroatoms. The van der Waals surface area contributed by atoms with Crippen molar-refractivity contribution in [3.05, 3.63) is 29.3 Å². The molecule has 0 amide bonds. The predicted molar refractivity (Wildman–Crippen MR) is 83.1 cm³/mol. The summed E-state index contributed by atoms with van der Waals surface area (Å²) in [4.78, 5) is 0. The Labute approximate surface area is 122 Å². The molecule has 0 fully saturated rings. The van der Waals surface area contributed by atoms with E-state index in [1.54, 1.807) is 0 Å². The lowest BCUT2D eigenvalue weighted by atomic mass is 10.0. The third-order valence-electron chi connectivity index (χ3n) is 3.02. The first-order chi connectivity index (χ1) is 9.11. The summed E-state index contributed by atoms with van der Waals surface area (Å²) in [7, 11) is 0. The molecule has 0 aromatic heterocycles. The highest BCUT2D eigenvalue weighted by atomic mass is 35.5. The van der Waals surface area contributed by atoms with Gasteiger partial charge in [0.15, 0.2) is 0 Å². The summed E-state index contributed by atoms with van der Waals surface area (Å²) in [6.45, 7) is 8.45. The Morgan fingerprint density at radius 3 is 2.68 bits per heavy atom. The quantitative estimate of drug-likeness (QED) is 0.719. The first-order valence-electron chi connectivity index (χ1n) is 7.23. The van der Waals surface area contributed by atoms with Gasteiger partial charge >= 0.3 is 0 Å². The van der Waals surface area contributed by atoms with Gasteiger partial charge < -0.3 is 10.1 Å². The van der Waals surface area contributed by atoms with Crippen molar-refractivity contribution in [3.63, 3.8) is 0 Å². The lowest BCUT2D eigenvalue weighted by Gasteiger charge is -2.20. The predicted octanol–water partition coefficient (Wildman–Crippen LogP) is 4.52. The normalized spacial score (nSPS) is 12.7. The van der Waals surface area contributed by atoms with Crippen molar-refractivity contribution >= 4 is 11.6 Å². The smallest absolute Gasteiger partial charge is 0.120 e. The molecule has 1 aromatic rings. The molecule has 1 rings (SSSR count). The summed E-state index contributed by atoms with van der Waals surface area (Å²) in [5, 5.41) is 4.27. The van der Waals surface area contributed by atoms with Crippen LogP contribution in [-0.2, 0) is 0 Å². The minimum Gasteiger partial charge on any atom is -0.492 e. The van der Waals surface area contributed by atoms with Crippen molar-refractivity contribution in [2.24, 2.45) is 5.92 Å². The van der Waals surface area contributed by atoms with Crippen LogP contribution in [0.2, 0.25) is 5.02 Å². The molecule has 0 aliphatic heterocycles. The zero-order valence-corrected chi connectivity index (χ0v) is 13.0. The molecular weight excluding hydrogens is 258 g/mol. The SMILES string of the molecule is CCCNC(CCC(C)C)COc1cccc(Cl)c1. The standard InChI is InChI=1S/C16H26ClNO/c1-4-10-18-15(9-8-13(2)3)12-19-16-7-5-6-14(17)11-16/h5-7,11,13,15,18H,4,8-10,12H2,1-3H3. The molecule has 1 unspecified atom stereocenters. The second-order valence-electron chi connectivity index (χ2n) is 5.39. The van der Waals surface area contributed by atoms with Gasteiger partial charge in [-0.05, 0) is 49.9 Å². The topological polar surface area (TPSA) is 21.3 Å². The second kappa shape index (κ2) is 9.22. The maximum atomic E-state index is 5.95. The van der Waals surface area contributed by atoms with Gasteiger partial charge in [0.2, 0.25) is 0 Å². The van der Waals surface area contributed by atoms with Crippen LogP contribution in [0.5, 0.6) is 5.75 Å². The van der Waals surface area contributed by atoms with Crippen molar-refractivity contribution in [1.82, 2.24) is 5.32 Å². The number of rotatable bonds is 9. The third kappa shape index (κ3) is 7.44. The Kier molecular flexibility index (Phi) is 7.92. The van der Waals surface area contributed by atoms with E-state index >= 15 is 0 Å². The fourth-order valence-electron chi connectivity index (χ4n) is 1.88. The molecule has 0 saturated carbocycles. The molecular formula is C16H26ClNO. The van der Waals surface area contributed by atoms with Crippen molar-refractivity contribution in [2.45, 2.75) is 46.1 Å². The van der Waals surface area contributed by atoms with Gasteiger partial charge in [-0.15, -0.1) is 0 Å². The molecule has 0 bridgehead atoms. The fourth-order valence-corrected chi connectivity index (χ4v) is 2.06. The maximum absolute atomic E-state index is 5.95. The first-order valence-corrected chi connectivity index (χ1v) is 7.61. The van der Waals surface area contributed by atoms with E-state index in [2.05, 4.69) is 26.1 Å². The lowest BCUT2D eigenvalue weighted by molar-refractivity contribution is 0.250. The van der Waals surface area contributed by atoms with Gasteiger partial charge in [0, 0.05) is 11.1 Å². The highest BCUT2D eigenvalue weighted by Gasteiger charge is 2.10. The van der Waals surface area contributed by atoms with E-state index in [0.717, 1.165) is 36.1 Å². The highest BCUT2D eigenvalue weighted by Crippen LogP contribution is 2.17. The molecule has 108 valence electrons. The number of hydrogen-bond donors (Lipinski definition) is 1. The van der Waals surface area contributed by atoms with Crippen molar-refractivity contribution < 1.29 is 4.74 Å². The largest absolute Gasteiger partial charge is 0.492 e. The number of halogens is 1. The minimum absolute atomic E-state index is 0.418. The summed E-state index contributed by atoms with van der Waals surface area (Å²) in [6.07, 6.45) is 3.52. The third-order valence-corrected chi connectivity index (χ3v) is 3.26. The van der Waals surface area contributed by atoms with Gasteiger partial charge in [-0.25, -0.2) is 0 Å².